The van der Waals surface area contributed by atoms with E-state index in [9.17, 15) is 0 Å². The highest BCUT2D eigenvalue weighted by molar-refractivity contribution is 6.16. The lowest BCUT2D eigenvalue weighted by Gasteiger charge is -1.92. The van der Waals surface area contributed by atoms with Crippen LogP contribution in [-0.2, 0) is 6.42 Å². The predicted molar refractivity (Wildman–Crippen MR) is 45.0 cm³/mol. The summed E-state index contributed by atoms with van der Waals surface area (Å²) in [5.74, 6) is 1.58. The zero-order valence-electron chi connectivity index (χ0n) is 5.83. The second-order valence-corrected chi connectivity index (χ2v) is 2.12. The van der Waals surface area contributed by atoms with Crippen molar-refractivity contribution < 1.29 is 0 Å². The Kier molecular flexibility index (Phi) is 2.81. The number of rotatable bonds is 2. The van der Waals surface area contributed by atoms with Gasteiger partial charge in [0.1, 0.15) is 7.85 Å². The maximum absolute atomic E-state index is 5.20. The molecule has 1 heteroatoms. The largest absolute Gasteiger partial charge is 0.135 e. The second kappa shape index (κ2) is 3.94. The second-order valence-electron chi connectivity index (χ2n) is 2.12. The molecule has 0 saturated carbocycles. The van der Waals surface area contributed by atoms with E-state index < -0.39 is 0 Å². The summed E-state index contributed by atoms with van der Waals surface area (Å²) < 4.78 is 0. The Bertz CT molecular complexity index is 201. The van der Waals surface area contributed by atoms with Crippen LogP contribution < -0.4 is 0 Å². The van der Waals surface area contributed by atoms with Gasteiger partial charge in [0.25, 0.3) is 0 Å². The molecule has 1 aromatic carbocycles. The van der Waals surface area contributed by atoms with E-state index in [0.29, 0.717) is 0 Å². The van der Waals surface area contributed by atoms with Crippen LogP contribution in [0, 0.1) is 0 Å². The van der Waals surface area contributed by atoms with E-state index in [-0.39, 0.29) is 0 Å². The van der Waals surface area contributed by atoms with Crippen molar-refractivity contribution in [3.8, 4) is 0 Å². The third-order valence-electron chi connectivity index (χ3n) is 1.33. The number of benzene rings is 1. The summed E-state index contributed by atoms with van der Waals surface area (Å²) in [6.45, 7) is 0. The summed E-state index contributed by atoms with van der Waals surface area (Å²) in [5.41, 5.74) is 1.30. The fourth-order valence-corrected chi connectivity index (χ4v) is 0.818. The molecule has 1 aromatic rings. The van der Waals surface area contributed by atoms with Gasteiger partial charge in [-0.05, 0) is 12.0 Å². The molecule has 0 unspecified atom stereocenters. The van der Waals surface area contributed by atoms with Crippen LogP contribution in [0.25, 0.3) is 0 Å². The average molecular weight is 128 g/mol. The molecule has 0 saturated heterocycles. The first-order valence-electron chi connectivity index (χ1n) is 3.34. The lowest BCUT2D eigenvalue weighted by atomic mass is 10.1. The molecule has 10 heavy (non-hydrogen) atoms. The number of hydrogen-bond donors (Lipinski definition) is 0. The van der Waals surface area contributed by atoms with Crippen molar-refractivity contribution in [3.05, 3.63) is 47.9 Å². The van der Waals surface area contributed by atoms with E-state index in [1.54, 1.807) is 5.98 Å². The molecule has 0 aromatic heterocycles. The highest BCUT2D eigenvalue weighted by atomic mass is 13.9. The molecule has 0 aliphatic heterocycles. The zero-order valence-corrected chi connectivity index (χ0v) is 5.83. The van der Waals surface area contributed by atoms with Gasteiger partial charge in [-0.2, -0.15) is 0 Å². The van der Waals surface area contributed by atoms with E-state index in [2.05, 4.69) is 12.1 Å². The van der Waals surface area contributed by atoms with Gasteiger partial charge in [0, 0.05) is 0 Å². The molecule has 2 radical (unpaired) electrons. The van der Waals surface area contributed by atoms with E-state index >= 15 is 0 Å². The van der Waals surface area contributed by atoms with Gasteiger partial charge >= 0.3 is 0 Å². The van der Waals surface area contributed by atoms with Crippen molar-refractivity contribution in [2.24, 2.45) is 0 Å². The molecular formula is C9H9B. The molecule has 0 fully saturated rings. The minimum Gasteiger partial charge on any atom is -0.135 e. The fourth-order valence-electron chi connectivity index (χ4n) is 0.818. The number of allylic oxidation sites excluding steroid dienone is 1. The lowest BCUT2D eigenvalue weighted by Crippen LogP contribution is -1.77. The predicted octanol–water partition coefficient (Wildman–Crippen LogP) is 1.91. The van der Waals surface area contributed by atoms with Crippen LogP contribution in [0.15, 0.2) is 42.4 Å². The molecule has 0 nitrogen and oxygen atoms in total. The Hall–Kier alpha value is -0.975. The Morgan fingerprint density at radius 1 is 1.20 bits per heavy atom. The van der Waals surface area contributed by atoms with Crippen molar-refractivity contribution in [1.82, 2.24) is 0 Å². The Morgan fingerprint density at radius 3 is 2.50 bits per heavy atom. The average Bonchev–Trinajstić information content (AvgIpc) is 2.03. The van der Waals surface area contributed by atoms with Gasteiger partial charge in [0.15, 0.2) is 0 Å². The Morgan fingerprint density at radius 2 is 1.90 bits per heavy atom. The summed E-state index contributed by atoms with van der Waals surface area (Å²) >= 11 is 0. The fraction of sp³-hybridized carbons (Fsp3) is 0.111. The molecule has 1 rings (SSSR count). The van der Waals surface area contributed by atoms with Gasteiger partial charge < -0.3 is 0 Å². The van der Waals surface area contributed by atoms with Gasteiger partial charge in [-0.3, -0.25) is 0 Å². The van der Waals surface area contributed by atoms with Crippen LogP contribution in [0.2, 0.25) is 0 Å². The lowest BCUT2D eigenvalue weighted by molar-refractivity contribution is 1.28. The topological polar surface area (TPSA) is 0 Å². The first-order valence-corrected chi connectivity index (χ1v) is 3.34. The quantitative estimate of drug-likeness (QED) is 0.533. The molecule has 0 spiro atoms. The van der Waals surface area contributed by atoms with Gasteiger partial charge in [0.05, 0.1) is 0 Å². The maximum Gasteiger partial charge on any atom is 0.102 e. The standard InChI is InChI=1S/C9H9B/c10-8-4-7-9-5-2-1-3-6-9/h1-6,8H,7H2/b8-4+. The minimum absolute atomic E-state index is 0.928. The molecule has 0 aliphatic rings. The van der Waals surface area contributed by atoms with E-state index in [4.69, 9.17) is 7.85 Å². The molecule has 0 amide bonds. The molecule has 0 bridgehead atoms. The molecular weight excluding hydrogens is 119 g/mol. The van der Waals surface area contributed by atoms with E-state index in [1.807, 2.05) is 24.3 Å². The highest BCUT2D eigenvalue weighted by Crippen LogP contribution is 1.98. The van der Waals surface area contributed by atoms with Crippen molar-refractivity contribution in [1.29, 1.82) is 0 Å². The summed E-state index contributed by atoms with van der Waals surface area (Å²) in [5, 5.41) is 0. The first-order chi connectivity index (χ1) is 4.93. The maximum atomic E-state index is 5.20. The first kappa shape index (κ1) is 7.14. The van der Waals surface area contributed by atoms with Crippen molar-refractivity contribution in [3.63, 3.8) is 0 Å². The van der Waals surface area contributed by atoms with Crippen LogP contribution in [0.1, 0.15) is 5.56 Å². The van der Waals surface area contributed by atoms with Crippen LogP contribution in [0.5, 0.6) is 0 Å². The molecule has 0 aliphatic carbocycles. The number of hydrogen-bond acceptors (Lipinski definition) is 0. The summed E-state index contributed by atoms with van der Waals surface area (Å²) in [4.78, 5) is 0. The van der Waals surface area contributed by atoms with E-state index in [0.717, 1.165) is 6.42 Å². The third-order valence-corrected chi connectivity index (χ3v) is 1.33. The Balaban J connectivity index is 2.59. The summed E-state index contributed by atoms with van der Waals surface area (Å²) in [6, 6.07) is 10.2. The van der Waals surface area contributed by atoms with Crippen molar-refractivity contribution in [2.45, 2.75) is 6.42 Å². The van der Waals surface area contributed by atoms with E-state index in [1.165, 1.54) is 5.56 Å². The molecule has 0 N–H and O–H groups in total. The van der Waals surface area contributed by atoms with Crippen LogP contribution in [-0.4, -0.2) is 7.85 Å². The normalized spacial score (nSPS) is 10.4. The van der Waals surface area contributed by atoms with Gasteiger partial charge in [-0.1, -0.05) is 36.4 Å². The Labute approximate surface area is 63.0 Å². The smallest absolute Gasteiger partial charge is 0.102 e. The minimum atomic E-state index is 0.928. The summed E-state index contributed by atoms with van der Waals surface area (Å²) in [6.07, 6.45) is 2.87. The van der Waals surface area contributed by atoms with Crippen LogP contribution in [0.3, 0.4) is 0 Å². The molecule has 0 atom stereocenters. The summed E-state index contributed by atoms with van der Waals surface area (Å²) in [7, 11) is 5.20. The van der Waals surface area contributed by atoms with Crippen molar-refractivity contribution in [2.75, 3.05) is 0 Å². The third kappa shape index (κ3) is 2.10. The monoisotopic (exact) mass is 128 g/mol. The van der Waals surface area contributed by atoms with Gasteiger partial charge in [-0.25, -0.2) is 0 Å². The van der Waals surface area contributed by atoms with Gasteiger partial charge in [0.2, 0.25) is 0 Å². The highest BCUT2D eigenvalue weighted by Gasteiger charge is 1.82. The molecule has 48 valence electrons. The van der Waals surface area contributed by atoms with Crippen LogP contribution in [0.4, 0.5) is 0 Å². The zero-order chi connectivity index (χ0) is 7.23. The van der Waals surface area contributed by atoms with Gasteiger partial charge in [-0.15, -0.1) is 5.98 Å². The van der Waals surface area contributed by atoms with Crippen LogP contribution >= 0.6 is 0 Å². The SMILES string of the molecule is [B]/C=C/Cc1ccccc1. The van der Waals surface area contributed by atoms with Crippen molar-refractivity contribution >= 4 is 7.85 Å². The molecule has 0 heterocycles.